The first-order chi connectivity index (χ1) is 12.2. The Hall–Kier alpha value is -2.80. The van der Waals surface area contributed by atoms with E-state index in [4.69, 9.17) is 11.6 Å². The minimum Gasteiger partial charge on any atom is -0.360 e. The Kier molecular flexibility index (Phi) is 4.50. The van der Waals surface area contributed by atoms with Crippen molar-refractivity contribution in [3.8, 4) is 0 Å². The van der Waals surface area contributed by atoms with Gasteiger partial charge in [-0.2, -0.15) is 13.2 Å². The highest BCUT2D eigenvalue weighted by molar-refractivity contribution is 6.34. The average molecular weight is 381 g/mol. The van der Waals surface area contributed by atoms with Gasteiger partial charge in [0.25, 0.3) is 5.91 Å². The van der Waals surface area contributed by atoms with Crippen molar-refractivity contribution in [3.63, 3.8) is 0 Å². The highest BCUT2D eigenvalue weighted by atomic mass is 35.5. The molecule has 0 unspecified atom stereocenters. The van der Waals surface area contributed by atoms with Crippen LogP contribution in [0.5, 0.6) is 0 Å². The van der Waals surface area contributed by atoms with Gasteiger partial charge in [0, 0.05) is 24.1 Å². The average Bonchev–Trinajstić information content (AvgIpc) is 2.60. The van der Waals surface area contributed by atoms with Crippen molar-refractivity contribution in [2.24, 2.45) is 0 Å². The molecule has 0 bridgehead atoms. The number of alkyl halides is 3. The summed E-state index contributed by atoms with van der Waals surface area (Å²) in [4.78, 5) is 29.1. The number of aromatic nitrogens is 1. The number of carbonyl (C=O) groups is 1. The van der Waals surface area contributed by atoms with E-state index in [-0.39, 0.29) is 16.3 Å². The van der Waals surface area contributed by atoms with Crippen LogP contribution in [0.3, 0.4) is 0 Å². The first-order valence-corrected chi connectivity index (χ1v) is 7.83. The molecule has 0 saturated heterocycles. The number of anilines is 1. The van der Waals surface area contributed by atoms with Crippen LogP contribution in [0.2, 0.25) is 5.02 Å². The van der Waals surface area contributed by atoms with Crippen molar-refractivity contribution in [3.05, 3.63) is 75.0 Å². The van der Waals surface area contributed by atoms with E-state index in [2.05, 4.69) is 4.98 Å². The Morgan fingerprint density at radius 3 is 2.50 bits per heavy atom. The van der Waals surface area contributed by atoms with Crippen molar-refractivity contribution >= 4 is 34.1 Å². The third-order valence-corrected chi connectivity index (χ3v) is 4.26. The number of pyridine rings is 1. The molecule has 1 amide bonds. The Balaban J connectivity index is 2.01. The molecule has 0 spiro atoms. The molecular weight excluding hydrogens is 369 g/mol. The van der Waals surface area contributed by atoms with Gasteiger partial charge in [-0.15, -0.1) is 0 Å². The van der Waals surface area contributed by atoms with Crippen molar-refractivity contribution in [1.29, 1.82) is 0 Å². The molecule has 0 saturated carbocycles. The van der Waals surface area contributed by atoms with Gasteiger partial charge < -0.3 is 9.88 Å². The van der Waals surface area contributed by atoms with Crippen LogP contribution in [0.25, 0.3) is 10.9 Å². The summed E-state index contributed by atoms with van der Waals surface area (Å²) in [5.74, 6) is -0.682. The molecule has 0 aliphatic rings. The zero-order chi connectivity index (χ0) is 19.1. The molecule has 1 heterocycles. The van der Waals surface area contributed by atoms with Crippen molar-refractivity contribution in [2.75, 3.05) is 11.9 Å². The lowest BCUT2D eigenvalue weighted by molar-refractivity contribution is -0.137. The fraction of sp³-hybridized carbons (Fsp3) is 0.111. The summed E-state index contributed by atoms with van der Waals surface area (Å²) in [5, 5.41) is 0.0955. The highest BCUT2D eigenvalue weighted by Crippen LogP contribution is 2.35. The number of aromatic amines is 1. The molecule has 0 aliphatic heterocycles. The molecule has 3 aromatic rings. The van der Waals surface area contributed by atoms with Crippen molar-refractivity contribution in [2.45, 2.75) is 6.18 Å². The predicted octanol–water partition coefficient (Wildman–Crippen LogP) is 4.48. The van der Waals surface area contributed by atoms with Crippen LogP contribution < -0.4 is 10.3 Å². The maximum Gasteiger partial charge on any atom is 0.416 e. The Morgan fingerprint density at radius 2 is 1.85 bits per heavy atom. The van der Waals surface area contributed by atoms with E-state index in [1.54, 1.807) is 24.3 Å². The minimum absolute atomic E-state index is 0.0669. The lowest BCUT2D eigenvalue weighted by Gasteiger charge is -2.19. The number of carbonyl (C=O) groups excluding carboxylic acids is 1. The van der Waals surface area contributed by atoms with Crippen LogP contribution in [-0.4, -0.2) is 17.9 Å². The summed E-state index contributed by atoms with van der Waals surface area (Å²) in [6, 6.07) is 9.35. The van der Waals surface area contributed by atoms with Gasteiger partial charge in [-0.3, -0.25) is 9.59 Å². The number of nitrogens with zero attached hydrogens (tertiary/aromatic N) is 1. The topological polar surface area (TPSA) is 53.2 Å². The maximum atomic E-state index is 12.7. The maximum absolute atomic E-state index is 12.7. The number of hydrogen-bond donors (Lipinski definition) is 1. The van der Waals surface area contributed by atoms with Crippen LogP contribution in [0.15, 0.2) is 53.5 Å². The number of nitrogens with one attached hydrogen (secondary N) is 1. The molecule has 0 radical (unpaired) electrons. The largest absolute Gasteiger partial charge is 0.416 e. The number of benzene rings is 2. The highest BCUT2D eigenvalue weighted by Gasteiger charge is 2.31. The molecule has 0 aliphatic carbocycles. The quantitative estimate of drug-likeness (QED) is 0.712. The molecule has 8 heteroatoms. The third kappa shape index (κ3) is 3.17. The second-order valence-electron chi connectivity index (χ2n) is 5.61. The number of para-hydroxylation sites is 1. The molecule has 1 aromatic heterocycles. The molecule has 26 heavy (non-hydrogen) atoms. The van der Waals surface area contributed by atoms with E-state index in [1.165, 1.54) is 13.2 Å². The molecule has 0 atom stereocenters. The number of hydrogen-bond acceptors (Lipinski definition) is 2. The molecule has 2 aromatic carbocycles. The van der Waals surface area contributed by atoms with E-state index >= 15 is 0 Å². The number of rotatable bonds is 2. The van der Waals surface area contributed by atoms with Gasteiger partial charge in [0.15, 0.2) is 0 Å². The summed E-state index contributed by atoms with van der Waals surface area (Å²) < 4.78 is 38.2. The van der Waals surface area contributed by atoms with E-state index in [9.17, 15) is 22.8 Å². The Morgan fingerprint density at radius 1 is 1.15 bits per heavy atom. The van der Waals surface area contributed by atoms with Crippen molar-refractivity contribution < 1.29 is 18.0 Å². The lowest BCUT2D eigenvalue weighted by Crippen LogP contribution is -2.31. The predicted molar refractivity (Wildman–Crippen MR) is 93.8 cm³/mol. The molecular formula is C18H12ClF3N2O2. The van der Waals surface area contributed by atoms with Gasteiger partial charge in [-0.05, 0) is 30.3 Å². The van der Waals surface area contributed by atoms with Gasteiger partial charge >= 0.3 is 6.18 Å². The molecule has 1 N–H and O–H groups in total. The van der Waals surface area contributed by atoms with E-state index in [1.807, 2.05) is 0 Å². The molecule has 134 valence electrons. The number of halogens is 4. The number of H-pyrrole nitrogens is 1. The third-order valence-electron chi connectivity index (χ3n) is 3.96. The first kappa shape index (κ1) is 18.0. The Bertz CT molecular complexity index is 1060. The van der Waals surface area contributed by atoms with E-state index in [0.717, 1.165) is 23.1 Å². The minimum atomic E-state index is -4.54. The van der Waals surface area contributed by atoms with Gasteiger partial charge in [0.05, 0.1) is 16.3 Å². The monoisotopic (exact) mass is 380 g/mol. The zero-order valence-corrected chi connectivity index (χ0v) is 14.2. The molecule has 3 rings (SSSR count). The van der Waals surface area contributed by atoms with Crippen LogP contribution >= 0.6 is 11.6 Å². The second kappa shape index (κ2) is 6.49. The normalized spacial score (nSPS) is 11.6. The van der Waals surface area contributed by atoms with Gasteiger partial charge in [0.1, 0.15) is 5.56 Å². The number of amides is 1. The fourth-order valence-corrected chi connectivity index (χ4v) is 2.88. The smallest absolute Gasteiger partial charge is 0.360 e. The zero-order valence-electron chi connectivity index (χ0n) is 13.4. The van der Waals surface area contributed by atoms with Gasteiger partial charge in [-0.1, -0.05) is 23.7 Å². The van der Waals surface area contributed by atoms with Gasteiger partial charge in [-0.25, -0.2) is 0 Å². The van der Waals surface area contributed by atoms with Crippen LogP contribution in [0, 0.1) is 0 Å². The number of fused-ring (bicyclic) bond motifs is 1. The van der Waals surface area contributed by atoms with E-state index in [0.29, 0.717) is 10.9 Å². The van der Waals surface area contributed by atoms with E-state index < -0.39 is 23.1 Å². The Labute approximate surface area is 150 Å². The molecule has 4 nitrogen and oxygen atoms in total. The van der Waals surface area contributed by atoms with Crippen LogP contribution in [0.1, 0.15) is 15.9 Å². The van der Waals surface area contributed by atoms with Crippen LogP contribution in [0.4, 0.5) is 18.9 Å². The van der Waals surface area contributed by atoms with Crippen LogP contribution in [-0.2, 0) is 6.18 Å². The first-order valence-electron chi connectivity index (χ1n) is 7.45. The fourth-order valence-electron chi connectivity index (χ4n) is 2.57. The SMILES string of the molecule is CN(C(=O)c1c[nH]c2ccccc2c1=O)c1ccc(C(F)(F)F)cc1Cl. The second-order valence-corrected chi connectivity index (χ2v) is 6.01. The summed E-state index contributed by atoms with van der Waals surface area (Å²) in [5.41, 5.74) is -0.890. The lowest BCUT2D eigenvalue weighted by atomic mass is 10.1. The van der Waals surface area contributed by atoms with Gasteiger partial charge in [0.2, 0.25) is 5.43 Å². The summed E-state index contributed by atoms with van der Waals surface area (Å²) >= 11 is 5.92. The summed E-state index contributed by atoms with van der Waals surface area (Å²) in [6.07, 6.45) is -3.26. The molecule has 0 fully saturated rings. The van der Waals surface area contributed by atoms with Crippen molar-refractivity contribution in [1.82, 2.24) is 4.98 Å². The summed E-state index contributed by atoms with van der Waals surface area (Å²) in [6.45, 7) is 0. The summed E-state index contributed by atoms with van der Waals surface area (Å²) in [7, 11) is 1.34. The standard InChI is InChI=1S/C18H12ClF3N2O2/c1-24(15-7-6-10(8-13(15)19)18(20,21)22)17(26)12-9-23-14-5-3-2-4-11(14)16(12)25/h2-9H,1H3,(H,23,25).